The molecule has 2 aromatic carbocycles. The molecule has 0 atom stereocenters. The summed E-state index contributed by atoms with van der Waals surface area (Å²) in [6, 6.07) is 14.3. The van der Waals surface area contributed by atoms with Gasteiger partial charge in [-0.2, -0.15) is 5.10 Å². The number of hydrogen-bond donors (Lipinski definition) is 3. The lowest BCUT2D eigenvalue weighted by atomic mass is 9.86. The maximum Gasteiger partial charge on any atom is 0.252 e. The van der Waals surface area contributed by atoms with Crippen molar-refractivity contribution in [1.29, 1.82) is 0 Å². The highest BCUT2D eigenvalue weighted by Gasteiger charge is 2.22. The van der Waals surface area contributed by atoms with Gasteiger partial charge < -0.3 is 10.1 Å². The van der Waals surface area contributed by atoms with Crippen LogP contribution in [0.1, 0.15) is 56.7 Å². The van der Waals surface area contributed by atoms with E-state index >= 15 is 0 Å². The molecule has 1 amide bonds. The number of carbonyl (C=O) groups is 2. The Bertz CT molecular complexity index is 1360. The molecule has 0 fully saturated rings. The molecule has 1 aliphatic rings. The molecule has 40 heavy (non-hydrogen) atoms. The van der Waals surface area contributed by atoms with Gasteiger partial charge in [0.25, 0.3) is 5.91 Å². The molecule has 0 unspecified atom stereocenters. The summed E-state index contributed by atoms with van der Waals surface area (Å²) in [6.45, 7) is 4.71. The zero-order valence-corrected chi connectivity index (χ0v) is 22.6. The van der Waals surface area contributed by atoms with Gasteiger partial charge in [0.1, 0.15) is 11.6 Å². The number of aromatic nitrogens is 1. The van der Waals surface area contributed by atoms with Crippen molar-refractivity contribution in [2.45, 2.75) is 37.0 Å². The van der Waals surface area contributed by atoms with Gasteiger partial charge in [0.2, 0.25) is 0 Å². The van der Waals surface area contributed by atoms with Crippen LogP contribution < -0.4 is 15.5 Å². The lowest BCUT2D eigenvalue weighted by Crippen LogP contribution is -2.25. The average molecular weight is 563 g/mol. The molecule has 0 radical (unpaired) electrons. The molecule has 3 N–H and O–H groups in total. The van der Waals surface area contributed by atoms with Crippen LogP contribution in [0, 0.1) is 0 Å². The molecule has 0 saturated carbocycles. The monoisotopic (exact) mass is 562 g/mol. The van der Waals surface area contributed by atoms with E-state index in [1.54, 1.807) is 24.4 Å². The van der Waals surface area contributed by atoms with Gasteiger partial charge in [-0.05, 0) is 61.6 Å². The van der Waals surface area contributed by atoms with Crippen LogP contribution in [0.15, 0.2) is 77.4 Å². The highest BCUT2D eigenvalue weighted by Crippen LogP contribution is 2.32. The number of nitrogens with zero attached hydrogens (tertiary/aromatic N) is 2. The molecule has 0 saturated heterocycles. The predicted molar refractivity (Wildman–Crippen MR) is 153 cm³/mol. The van der Waals surface area contributed by atoms with Crippen LogP contribution >= 0.6 is 12.0 Å². The molecule has 10 nitrogen and oxygen atoms in total. The zero-order valence-electron chi connectivity index (χ0n) is 21.8. The van der Waals surface area contributed by atoms with Crippen molar-refractivity contribution in [3.05, 3.63) is 95.2 Å². The Morgan fingerprint density at radius 2 is 2.05 bits per heavy atom. The topological polar surface area (TPSA) is 131 Å². The van der Waals surface area contributed by atoms with Crippen molar-refractivity contribution < 1.29 is 29.0 Å². The highest BCUT2D eigenvalue weighted by atomic mass is 32.2. The van der Waals surface area contributed by atoms with Crippen molar-refractivity contribution in [2.75, 3.05) is 18.6 Å². The Morgan fingerprint density at radius 3 is 2.85 bits per heavy atom. The number of hydrogen-bond acceptors (Lipinski definition) is 10. The van der Waals surface area contributed by atoms with Gasteiger partial charge in [0.05, 0.1) is 30.4 Å². The third-order valence-electron chi connectivity index (χ3n) is 6.21. The van der Waals surface area contributed by atoms with Gasteiger partial charge in [0.15, 0.2) is 5.78 Å². The van der Waals surface area contributed by atoms with Crippen LogP contribution in [0.4, 0.5) is 5.82 Å². The second-order valence-corrected chi connectivity index (χ2v) is 9.60. The zero-order chi connectivity index (χ0) is 28.2. The summed E-state index contributed by atoms with van der Waals surface area (Å²) < 4.78 is 10.5. The van der Waals surface area contributed by atoms with Gasteiger partial charge in [-0.25, -0.2) is 10.2 Å². The minimum atomic E-state index is -0.237. The number of ketones is 1. The Morgan fingerprint density at radius 1 is 1.18 bits per heavy atom. The summed E-state index contributed by atoms with van der Waals surface area (Å²) in [7, 11) is 0. The largest absolute Gasteiger partial charge is 0.493 e. The van der Waals surface area contributed by atoms with Crippen LogP contribution in [0.2, 0.25) is 0 Å². The molecule has 0 spiro atoms. The maximum atomic E-state index is 12.5. The van der Waals surface area contributed by atoms with E-state index in [4.69, 9.17) is 9.99 Å². The van der Waals surface area contributed by atoms with Crippen LogP contribution in [0.25, 0.3) is 0 Å². The molecule has 0 aliphatic heterocycles. The van der Waals surface area contributed by atoms with E-state index in [9.17, 15) is 9.59 Å². The van der Waals surface area contributed by atoms with Gasteiger partial charge >= 0.3 is 0 Å². The van der Waals surface area contributed by atoms with E-state index in [0.717, 1.165) is 52.9 Å². The predicted octanol–water partition coefficient (Wildman–Crippen LogP) is 5.40. The summed E-state index contributed by atoms with van der Waals surface area (Å²) in [5.41, 5.74) is 6.86. The number of rotatable bonds is 14. The number of amides is 1. The van der Waals surface area contributed by atoms with Crippen LogP contribution in [0.5, 0.6) is 5.75 Å². The van der Waals surface area contributed by atoms with Crippen LogP contribution in [-0.2, 0) is 22.2 Å². The van der Waals surface area contributed by atoms with E-state index in [1.165, 1.54) is 6.20 Å². The molecule has 1 aromatic heterocycles. The molecule has 11 heteroatoms. The van der Waals surface area contributed by atoms with E-state index in [2.05, 4.69) is 36.8 Å². The number of fused-ring (bicyclic) bond motifs is 1. The number of nitrogens with one attached hydrogen (secondary N) is 2. The van der Waals surface area contributed by atoms with E-state index < -0.39 is 0 Å². The summed E-state index contributed by atoms with van der Waals surface area (Å²) >= 11 is 0.840. The smallest absolute Gasteiger partial charge is 0.252 e. The van der Waals surface area contributed by atoms with Crippen molar-refractivity contribution in [3.63, 3.8) is 0 Å². The quantitative estimate of drug-likeness (QED) is 0.0590. The molecule has 1 heterocycles. The minimum Gasteiger partial charge on any atom is -0.493 e. The summed E-state index contributed by atoms with van der Waals surface area (Å²) in [5, 5.41) is 19.0. The normalized spacial score (nSPS) is 12.7. The van der Waals surface area contributed by atoms with E-state index in [-0.39, 0.29) is 11.7 Å². The first kappa shape index (κ1) is 29.0. The third kappa shape index (κ3) is 7.76. The second kappa shape index (κ2) is 14.9. The summed E-state index contributed by atoms with van der Waals surface area (Å²) in [4.78, 5) is 29.7. The minimum absolute atomic E-state index is 0.188. The standard InChI is InChI=1S/C29H30N4O6S/c1-2-7-24-22-9-5-10-25(34)23(22)13-14-26(24)37-17-6-16-30-29(35)21-12-15-28(31-18-21)33-32-19-20-8-3-4-11-27(20)40-39-38-36/h2-4,8,11-15,18-19,36H,1,5-7,9-10,16-17H2,(H,30,35)(H,31,33)/b32-19+. The number of carbonyl (C=O) groups excluding carboxylic acids is 2. The van der Waals surface area contributed by atoms with Gasteiger partial charge in [-0.3, -0.25) is 15.0 Å². The third-order valence-corrected chi connectivity index (χ3v) is 6.89. The Hall–Kier alpha value is -4.03. The molecular formula is C29H30N4O6S. The number of benzene rings is 2. The first-order valence-corrected chi connectivity index (χ1v) is 13.5. The number of Topliss-reactive ketones (excluding diaryl/α,β-unsaturated/α-hetero) is 1. The maximum absolute atomic E-state index is 12.5. The van der Waals surface area contributed by atoms with Gasteiger partial charge in [-0.15, -0.1) is 10.9 Å². The Labute approximate surface area is 236 Å². The highest BCUT2D eigenvalue weighted by molar-refractivity contribution is 7.94. The average Bonchev–Trinajstić information content (AvgIpc) is 2.98. The van der Waals surface area contributed by atoms with E-state index in [0.29, 0.717) is 48.7 Å². The number of hydrazone groups is 1. The fourth-order valence-corrected chi connectivity index (χ4v) is 4.77. The van der Waals surface area contributed by atoms with Crippen LogP contribution in [-0.4, -0.2) is 41.3 Å². The second-order valence-electron chi connectivity index (χ2n) is 8.86. The molecule has 4 rings (SSSR count). The molecule has 3 aromatic rings. The number of anilines is 1. The SMILES string of the molecule is C=CCc1c(OCCCNC(=O)c2ccc(N/N=C/c3ccccc3SOOO)nc2)ccc2c1CCCC2=O. The van der Waals surface area contributed by atoms with Crippen LogP contribution in [0.3, 0.4) is 0 Å². The first-order valence-electron chi connectivity index (χ1n) is 12.8. The lowest BCUT2D eigenvalue weighted by Gasteiger charge is -2.21. The summed E-state index contributed by atoms with van der Waals surface area (Å²) in [5.74, 6) is 1.18. The summed E-state index contributed by atoms with van der Waals surface area (Å²) in [6.07, 6.45) is 8.45. The fourth-order valence-electron chi connectivity index (χ4n) is 4.32. The Balaban J connectivity index is 1.23. The van der Waals surface area contributed by atoms with Crippen molar-refractivity contribution in [2.24, 2.45) is 5.10 Å². The number of pyridine rings is 1. The van der Waals surface area contributed by atoms with E-state index in [1.807, 2.05) is 36.4 Å². The van der Waals surface area contributed by atoms with Gasteiger partial charge in [0, 0.05) is 40.7 Å². The Kier molecular flexibility index (Phi) is 10.8. The van der Waals surface area contributed by atoms with Crippen molar-refractivity contribution in [1.82, 2.24) is 10.3 Å². The van der Waals surface area contributed by atoms with Crippen molar-refractivity contribution >= 4 is 35.8 Å². The van der Waals surface area contributed by atoms with Gasteiger partial charge in [-0.1, -0.05) is 29.3 Å². The number of allylic oxidation sites excluding steroid dienone is 1. The number of ether oxygens (including phenoxy) is 1. The molecule has 1 aliphatic carbocycles. The molecule has 0 bridgehead atoms. The lowest BCUT2D eigenvalue weighted by molar-refractivity contribution is -0.432. The first-order chi connectivity index (χ1) is 19.6. The molecule has 208 valence electrons. The fraction of sp³-hybridized carbons (Fsp3) is 0.241. The van der Waals surface area contributed by atoms with Crippen molar-refractivity contribution in [3.8, 4) is 5.75 Å². The molecular weight excluding hydrogens is 532 g/mol.